The molecule has 0 atom stereocenters. The van der Waals surface area contributed by atoms with Crippen molar-refractivity contribution in [1.82, 2.24) is 15.5 Å². The predicted molar refractivity (Wildman–Crippen MR) is 79.3 cm³/mol. The number of rotatable bonds is 7. The average Bonchev–Trinajstić information content (AvgIpc) is 3.30. The Morgan fingerprint density at radius 1 is 1.33 bits per heavy atom. The van der Waals surface area contributed by atoms with Gasteiger partial charge in [0.05, 0.1) is 5.56 Å². The summed E-state index contributed by atoms with van der Waals surface area (Å²) in [7, 11) is 2.06. The van der Waals surface area contributed by atoms with Crippen LogP contribution in [0.2, 0.25) is 0 Å². The number of likely N-dealkylation sites (N-methyl/N-ethyl adjacent to an activating group) is 1. The van der Waals surface area contributed by atoms with E-state index in [9.17, 15) is 9.59 Å². The Hall–Kier alpha value is -2.08. The molecular formula is C15H21N3O3. The van der Waals surface area contributed by atoms with E-state index in [0.717, 1.165) is 12.1 Å². The fourth-order valence-electron chi connectivity index (χ4n) is 2.10. The average molecular weight is 291 g/mol. The normalized spacial score (nSPS) is 14.0. The number of carbonyl (C=O) groups excluding carboxylic acids is 1. The summed E-state index contributed by atoms with van der Waals surface area (Å²) in [6.45, 7) is 1.76. The monoisotopic (exact) mass is 291 g/mol. The molecule has 0 aliphatic heterocycles. The third-order valence-corrected chi connectivity index (χ3v) is 3.55. The lowest BCUT2D eigenvalue weighted by Gasteiger charge is -2.16. The standard InChI is InChI=1S/C15H21N3O3/c1-18(13-5-6-13)8-7-16-15(21)17-10-11-3-2-4-12(9-11)14(19)20/h2-4,9,13H,5-8,10H2,1H3,(H,19,20)(H2,16,17,21). The van der Waals surface area contributed by atoms with Crippen molar-refractivity contribution in [2.24, 2.45) is 0 Å². The maximum atomic E-state index is 11.6. The molecule has 2 amide bonds. The van der Waals surface area contributed by atoms with Crippen molar-refractivity contribution in [3.8, 4) is 0 Å². The zero-order chi connectivity index (χ0) is 15.2. The van der Waals surface area contributed by atoms with Crippen molar-refractivity contribution < 1.29 is 14.7 Å². The minimum Gasteiger partial charge on any atom is -0.478 e. The quantitative estimate of drug-likeness (QED) is 0.707. The summed E-state index contributed by atoms with van der Waals surface area (Å²) in [6, 6.07) is 6.99. The Morgan fingerprint density at radius 2 is 2.10 bits per heavy atom. The molecule has 1 aliphatic carbocycles. The number of hydrogen-bond acceptors (Lipinski definition) is 3. The Labute approximate surface area is 124 Å². The molecule has 1 aliphatic rings. The molecule has 0 unspecified atom stereocenters. The molecule has 0 bridgehead atoms. The largest absolute Gasteiger partial charge is 0.478 e. The van der Waals surface area contributed by atoms with Crippen LogP contribution in [0.3, 0.4) is 0 Å². The molecule has 1 aromatic carbocycles. The van der Waals surface area contributed by atoms with Gasteiger partial charge in [0.2, 0.25) is 0 Å². The van der Waals surface area contributed by atoms with Gasteiger partial charge in [0, 0.05) is 25.7 Å². The minimum absolute atomic E-state index is 0.223. The van der Waals surface area contributed by atoms with Gasteiger partial charge in [-0.1, -0.05) is 12.1 Å². The Balaban J connectivity index is 1.68. The van der Waals surface area contributed by atoms with Gasteiger partial charge in [0.15, 0.2) is 0 Å². The molecular weight excluding hydrogens is 270 g/mol. The first-order valence-electron chi connectivity index (χ1n) is 7.10. The first-order valence-corrected chi connectivity index (χ1v) is 7.10. The van der Waals surface area contributed by atoms with Crippen molar-refractivity contribution in [3.63, 3.8) is 0 Å². The maximum absolute atomic E-state index is 11.6. The van der Waals surface area contributed by atoms with Gasteiger partial charge >= 0.3 is 12.0 Å². The number of carbonyl (C=O) groups is 2. The predicted octanol–water partition coefficient (Wildman–Crippen LogP) is 1.28. The van der Waals surface area contributed by atoms with Crippen molar-refractivity contribution in [2.75, 3.05) is 20.1 Å². The number of amides is 2. The van der Waals surface area contributed by atoms with Crippen LogP contribution in [-0.2, 0) is 6.54 Å². The molecule has 114 valence electrons. The second kappa shape index (κ2) is 7.08. The van der Waals surface area contributed by atoms with Crippen LogP contribution in [-0.4, -0.2) is 48.2 Å². The van der Waals surface area contributed by atoms with Gasteiger partial charge in [0.25, 0.3) is 0 Å². The van der Waals surface area contributed by atoms with E-state index in [1.165, 1.54) is 18.9 Å². The summed E-state index contributed by atoms with van der Waals surface area (Å²) in [6.07, 6.45) is 2.51. The fourth-order valence-corrected chi connectivity index (χ4v) is 2.10. The Bertz CT molecular complexity index is 515. The minimum atomic E-state index is -0.968. The molecule has 0 aromatic heterocycles. The summed E-state index contributed by atoms with van der Waals surface area (Å²) in [5, 5.41) is 14.4. The lowest BCUT2D eigenvalue weighted by molar-refractivity contribution is 0.0696. The van der Waals surface area contributed by atoms with Crippen LogP contribution >= 0.6 is 0 Å². The van der Waals surface area contributed by atoms with E-state index >= 15 is 0 Å². The van der Waals surface area contributed by atoms with Crippen LogP contribution in [0.5, 0.6) is 0 Å². The highest BCUT2D eigenvalue weighted by atomic mass is 16.4. The number of carboxylic acid groups (broad SMARTS) is 1. The third kappa shape index (κ3) is 5.07. The van der Waals surface area contributed by atoms with Gasteiger partial charge in [0.1, 0.15) is 0 Å². The van der Waals surface area contributed by atoms with Gasteiger partial charge < -0.3 is 20.6 Å². The molecule has 1 fully saturated rings. The molecule has 0 heterocycles. The molecule has 0 spiro atoms. The van der Waals surface area contributed by atoms with Gasteiger partial charge in [-0.2, -0.15) is 0 Å². The highest BCUT2D eigenvalue weighted by Crippen LogP contribution is 2.24. The molecule has 21 heavy (non-hydrogen) atoms. The number of carboxylic acids is 1. The van der Waals surface area contributed by atoms with Gasteiger partial charge in [-0.25, -0.2) is 9.59 Å². The molecule has 3 N–H and O–H groups in total. The number of aromatic carboxylic acids is 1. The Kier molecular flexibility index (Phi) is 5.16. The van der Waals surface area contributed by atoms with E-state index in [2.05, 4.69) is 22.6 Å². The van der Waals surface area contributed by atoms with Crippen LogP contribution in [0.4, 0.5) is 4.79 Å². The SMILES string of the molecule is CN(CCNC(=O)NCc1cccc(C(=O)O)c1)C1CC1. The summed E-state index contributed by atoms with van der Waals surface area (Å²) in [5.41, 5.74) is 0.987. The van der Waals surface area contributed by atoms with Crippen LogP contribution in [0, 0.1) is 0 Å². The van der Waals surface area contributed by atoms with E-state index in [1.54, 1.807) is 18.2 Å². The number of urea groups is 1. The fraction of sp³-hybridized carbons (Fsp3) is 0.467. The molecule has 1 aromatic rings. The van der Waals surface area contributed by atoms with Gasteiger partial charge in [-0.3, -0.25) is 0 Å². The first kappa shape index (κ1) is 15.3. The van der Waals surface area contributed by atoms with Crippen LogP contribution in [0.25, 0.3) is 0 Å². The lowest BCUT2D eigenvalue weighted by atomic mass is 10.1. The highest BCUT2D eigenvalue weighted by Gasteiger charge is 2.25. The molecule has 1 saturated carbocycles. The molecule has 2 rings (SSSR count). The van der Waals surface area contributed by atoms with Crippen LogP contribution in [0.15, 0.2) is 24.3 Å². The first-order chi connectivity index (χ1) is 10.1. The smallest absolute Gasteiger partial charge is 0.335 e. The maximum Gasteiger partial charge on any atom is 0.335 e. The molecule has 6 nitrogen and oxygen atoms in total. The second-order valence-corrected chi connectivity index (χ2v) is 5.33. The summed E-state index contributed by atoms with van der Waals surface area (Å²) < 4.78 is 0. The van der Waals surface area contributed by atoms with Gasteiger partial charge in [-0.15, -0.1) is 0 Å². The van der Waals surface area contributed by atoms with E-state index in [1.807, 2.05) is 0 Å². The number of nitrogens with zero attached hydrogens (tertiary/aromatic N) is 1. The molecule has 6 heteroatoms. The zero-order valence-corrected chi connectivity index (χ0v) is 12.1. The zero-order valence-electron chi connectivity index (χ0n) is 12.1. The highest BCUT2D eigenvalue weighted by molar-refractivity contribution is 5.87. The summed E-state index contributed by atoms with van der Waals surface area (Å²) >= 11 is 0. The lowest BCUT2D eigenvalue weighted by Crippen LogP contribution is -2.39. The van der Waals surface area contributed by atoms with Crippen molar-refractivity contribution in [1.29, 1.82) is 0 Å². The van der Waals surface area contributed by atoms with Crippen molar-refractivity contribution in [2.45, 2.75) is 25.4 Å². The third-order valence-electron chi connectivity index (χ3n) is 3.55. The summed E-state index contributed by atoms with van der Waals surface area (Å²) in [5.74, 6) is -0.968. The van der Waals surface area contributed by atoms with Crippen LogP contribution < -0.4 is 10.6 Å². The van der Waals surface area contributed by atoms with Gasteiger partial charge in [-0.05, 0) is 37.6 Å². The van der Waals surface area contributed by atoms with E-state index < -0.39 is 5.97 Å². The molecule has 0 radical (unpaired) electrons. The number of hydrogen-bond donors (Lipinski definition) is 3. The summed E-state index contributed by atoms with van der Waals surface area (Å²) in [4.78, 5) is 24.7. The van der Waals surface area contributed by atoms with Crippen molar-refractivity contribution >= 4 is 12.0 Å². The molecule has 0 saturated heterocycles. The number of benzene rings is 1. The Morgan fingerprint density at radius 3 is 2.76 bits per heavy atom. The van der Waals surface area contributed by atoms with Crippen LogP contribution in [0.1, 0.15) is 28.8 Å². The van der Waals surface area contributed by atoms with E-state index in [-0.39, 0.29) is 11.6 Å². The second-order valence-electron chi connectivity index (χ2n) is 5.33. The van der Waals surface area contributed by atoms with E-state index in [0.29, 0.717) is 19.1 Å². The van der Waals surface area contributed by atoms with E-state index in [4.69, 9.17) is 5.11 Å². The van der Waals surface area contributed by atoms with Crippen molar-refractivity contribution in [3.05, 3.63) is 35.4 Å². The number of nitrogens with one attached hydrogen (secondary N) is 2. The topological polar surface area (TPSA) is 81.7 Å².